The Labute approximate surface area is 178 Å². The number of hydrogen-bond acceptors (Lipinski definition) is 5. The highest BCUT2D eigenvalue weighted by molar-refractivity contribution is 6.06. The average molecular weight is 415 g/mol. The Morgan fingerprint density at radius 1 is 0.968 bits per heavy atom. The SMILES string of the molecule is CCn1nc(C(=O)OC(C)C(=O)Nc2cccc3ccccc23)c2ccccc2c1=O. The zero-order valence-electron chi connectivity index (χ0n) is 17.2. The van der Waals surface area contributed by atoms with Gasteiger partial charge in [0, 0.05) is 23.0 Å². The van der Waals surface area contributed by atoms with Gasteiger partial charge in [-0.2, -0.15) is 5.10 Å². The molecule has 0 aliphatic carbocycles. The van der Waals surface area contributed by atoms with E-state index < -0.39 is 18.0 Å². The minimum Gasteiger partial charge on any atom is -0.448 e. The number of aromatic nitrogens is 2. The van der Waals surface area contributed by atoms with Crippen LogP contribution in [0.25, 0.3) is 21.5 Å². The number of fused-ring (bicyclic) bond motifs is 2. The van der Waals surface area contributed by atoms with Gasteiger partial charge < -0.3 is 10.1 Å². The number of nitrogens with zero attached hydrogens (tertiary/aromatic N) is 2. The van der Waals surface area contributed by atoms with Crippen LogP contribution in [0.3, 0.4) is 0 Å². The first kappa shape index (κ1) is 20.3. The van der Waals surface area contributed by atoms with Gasteiger partial charge in [0.25, 0.3) is 11.5 Å². The molecule has 3 aromatic carbocycles. The van der Waals surface area contributed by atoms with Crippen LogP contribution >= 0.6 is 0 Å². The third-order valence-electron chi connectivity index (χ3n) is 5.06. The Hall–Kier alpha value is -4.00. The van der Waals surface area contributed by atoms with Gasteiger partial charge in [-0.25, -0.2) is 9.48 Å². The number of hydrogen-bond donors (Lipinski definition) is 1. The molecule has 0 saturated carbocycles. The molecule has 0 bridgehead atoms. The van der Waals surface area contributed by atoms with Gasteiger partial charge in [-0.1, -0.05) is 54.6 Å². The molecule has 0 spiro atoms. The van der Waals surface area contributed by atoms with E-state index in [2.05, 4.69) is 10.4 Å². The molecule has 1 unspecified atom stereocenters. The topological polar surface area (TPSA) is 90.3 Å². The summed E-state index contributed by atoms with van der Waals surface area (Å²) in [5.41, 5.74) is 0.354. The van der Waals surface area contributed by atoms with Crippen LogP contribution in [0, 0.1) is 0 Å². The first-order valence-corrected chi connectivity index (χ1v) is 9.99. The number of anilines is 1. The highest BCUT2D eigenvalue weighted by Crippen LogP contribution is 2.23. The van der Waals surface area contributed by atoms with E-state index in [0.717, 1.165) is 10.8 Å². The van der Waals surface area contributed by atoms with Gasteiger partial charge in [0.1, 0.15) is 0 Å². The number of esters is 1. The maximum absolute atomic E-state index is 12.8. The van der Waals surface area contributed by atoms with Gasteiger partial charge in [-0.05, 0) is 31.4 Å². The minimum atomic E-state index is -1.06. The second-order valence-electron chi connectivity index (χ2n) is 7.08. The summed E-state index contributed by atoms with van der Waals surface area (Å²) in [6.07, 6.45) is -1.06. The second-order valence-corrected chi connectivity index (χ2v) is 7.08. The van der Waals surface area contributed by atoms with Crippen molar-refractivity contribution in [3.8, 4) is 0 Å². The zero-order chi connectivity index (χ0) is 22.0. The molecule has 1 aromatic heterocycles. The molecule has 4 aromatic rings. The standard InChI is InChI=1S/C24H21N3O4/c1-3-27-23(29)19-13-7-6-12-18(19)21(26-27)24(30)31-15(2)22(28)25-20-14-8-10-16-9-4-5-11-17(16)20/h4-15H,3H2,1-2H3,(H,25,28). The molecule has 0 aliphatic rings. The summed E-state index contributed by atoms with van der Waals surface area (Å²) in [6, 6.07) is 20.0. The molecule has 7 nitrogen and oxygen atoms in total. The third-order valence-corrected chi connectivity index (χ3v) is 5.06. The van der Waals surface area contributed by atoms with Gasteiger partial charge in [0.2, 0.25) is 0 Å². The first-order valence-electron chi connectivity index (χ1n) is 9.99. The molecule has 0 radical (unpaired) electrons. The fraction of sp³-hybridized carbons (Fsp3) is 0.167. The van der Waals surface area contributed by atoms with Gasteiger partial charge in [0.15, 0.2) is 11.8 Å². The van der Waals surface area contributed by atoms with Crippen LogP contribution in [0.5, 0.6) is 0 Å². The quantitative estimate of drug-likeness (QED) is 0.501. The number of carbonyl (C=O) groups is 2. The van der Waals surface area contributed by atoms with Crippen molar-refractivity contribution in [3.63, 3.8) is 0 Å². The van der Waals surface area contributed by atoms with Gasteiger partial charge >= 0.3 is 5.97 Å². The fourth-order valence-corrected chi connectivity index (χ4v) is 3.44. The van der Waals surface area contributed by atoms with Crippen LogP contribution in [0.4, 0.5) is 5.69 Å². The van der Waals surface area contributed by atoms with Crippen molar-refractivity contribution in [2.75, 3.05) is 5.32 Å². The minimum absolute atomic E-state index is 0.00172. The Kier molecular flexibility index (Phi) is 5.49. The fourth-order valence-electron chi connectivity index (χ4n) is 3.44. The van der Waals surface area contributed by atoms with E-state index in [1.165, 1.54) is 11.6 Å². The average Bonchev–Trinajstić information content (AvgIpc) is 2.79. The summed E-state index contributed by atoms with van der Waals surface area (Å²) in [5.74, 6) is -1.23. The predicted octanol–water partition coefficient (Wildman–Crippen LogP) is 3.75. The molecule has 0 fully saturated rings. The second kappa shape index (κ2) is 8.39. The maximum atomic E-state index is 12.8. The van der Waals surface area contributed by atoms with Crippen LogP contribution in [0.2, 0.25) is 0 Å². The molecular formula is C24H21N3O4. The molecule has 0 aliphatic heterocycles. The van der Waals surface area contributed by atoms with E-state index in [9.17, 15) is 14.4 Å². The van der Waals surface area contributed by atoms with Crippen molar-refractivity contribution in [3.05, 3.63) is 82.8 Å². The van der Waals surface area contributed by atoms with Crippen molar-refractivity contribution in [2.45, 2.75) is 26.5 Å². The Balaban J connectivity index is 1.58. The van der Waals surface area contributed by atoms with E-state index in [0.29, 0.717) is 23.0 Å². The summed E-state index contributed by atoms with van der Waals surface area (Å²) < 4.78 is 6.61. The van der Waals surface area contributed by atoms with E-state index >= 15 is 0 Å². The highest BCUT2D eigenvalue weighted by Gasteiger charge is 2.23. The van der Waals surface area contributed by atoms with Gasteiger partial charge in [-0.15, -0.1) is 0 Å². The lowest BCUT2D eigenvalue weighted by molar-refractivity contribution is -0.123. The molecule has 0 saturated heterocycles. The van der Waals surface area contributed by atoms with E-state index in [1.807, 2.05) is 36.4 Å². The Morgan fingerprint density at radius 3 is 2.35 bits per heavy atom. The van der Waals surface area contributed by atoms with Crippen molar-refractivity contribution >= 4 is 39.1 Å². The van der Waals surface area contributed by atoms with Crippen LogP contribution in [0.1, 0.15) is 24.3 Å². The summed E-state index contributed by atoms with van der Waals surface area (Å²) >= 11 is 0. The number of rotatable bonds is 5. The van der Waals surface area contributed by atoms with E-state index in [1.54, 1.807) is 37.3 Å². The normalized spacial score (nSPS) is 11.9. The Morgan fingerprint density at radius 2 is 1.61 bits per heavy atom. The number of ether oxygens (including phenoxy) is 1. The van der Waals surface area contributed by atoms with Crippen LogP contribution in [-0.4, -0.2) is 27.8 Å². The van der Waals surface area contributed by atoms with Crippen molar-refractivity contribution in [2.24, 2.45) is 0 Å². The molecule has 4 rings (SSSR count). The lowest BCUT2D eigenvalue weighted by atomic mass is 10.1. The molecule has 1 N–H and O–H groups in total. The third kappa shape index (κ3) is 3.90. The van der Waals surface area contributed by atoms with Crippen LogP contribution in [0.15, 0.2) is 71.5 Å². The summed E-state index contributed by atoms with van der Waals surface area (Å²) in [4.78, 5) is 38.0. The van der Waals surface area contributed by atoms with Crippen LogP contribution < -0.4 is 10.9 Å². The van der Waals surface area contributed by atoms with Gasteiger partial charge in [-0.3, -0.25) is 9.59 Å². The number of amides is 1. The van der Waals surface area contributed by atoms with Crippen LogP contribution in [-0.2, 0) is 16.1 Å². The highest BCUT2D eigenvalue weighted by atomic mass is 16.5. The summed E-state index contributed by atoms with van der Waals surface area (Å²) in [6.45, 7) is 3.57. The van der Waals surface area contributed by atoms with Crippen molar-refractivity contribution < 1.29 is 14.3 Å². The molecule has 1 heterocycles. The molecule has 156 valence electrons. The van der Waals surface area contributed by atoms with E-state index in [4.69, 9.17) is 4.74 Å². The number of carbonyl (C=O) groups excluding carboxylic acids is 2. The number of nitrogens with one attached hydrogen (secondary N) is 1. The lowest BCUT2D eigenvalue weighted by Gasteiger charge is -2.15. The molecular weight excluding hydrogens is 394 g/mol. The predicted molar refractivity (Wildman–Crippen MR) is 119 cm³/mol. The molecule has 1 amide bonds. The first-order chi connectivity index (χ1) is 15.0. The number of aryl methyl sites for hydroxylation is 1. The number of benzene rings is 3. The Bertz CT molecular complexity index is 1350. The van der Waals surface area contributed by atoms with E-state index in [-0.39, 0.29) is 11.3 Å². The van der Waals surface area contributed by atoms with Gasteiger partial charge in [0.05, 0.1) is 5.39 Å². The van der Waals surface area contributed by atoms with Crippen molar-refractivity contribution in [1.82, 2.24) is 9.78 Å². The largest absolute Gasteiger partial charge is 0.448 e. The summed E-state index contributed by atoms with van der Waals surface area (Å²) in [5, 5.41) is 9.62. The summed E-state index contributed by atoms with van der Waals surface area (Å²) in [7, 11) is 0. The molecule has 1 atom stereocenters. The zero-order valence-corrected chi connectivity index (χ0v) is 17.2. The lowest BCUT2D eigenvalue weighted by Crippen LogP contribution is -2.32. The van der Waals surface area contributed by atoms with Crippen molar-refractivity contribution in [1.29, 1.82) is 0 Å². The molecule has 7 heteroatoms. The molecule has 31 heavy (non-hydrogen) atoms. The maximum Gasteiger partial charge on any atom is 0.360 e. The smallest absolute Gasteiger partial charge is 0.360 e. The monoisotopic (exact) mass is 415 g/mol.